The predicted molar refractivity (Wildman–Crippen MR) is 83.8 cm³/mol. The Labute approximate surface area is 142 Å². The molecule has 1 aromatic heterocycles. The first-order valence-electron chi connectivity index (χ1n) is 8.23. The van der Waals surface area contributed by atoms with E-state index in [0.717, 1.165) is 25.1 Å². The molecule has 0 atom stereocenters. The molecule has 1 saturated carbocycles. The molecule has 9 heteroatoms. The molecule has 0 aromatic carbocycles. The average molecular weight is 356 g/mol. The van der Waals surface area contributed by atoms with Crippen LogP contribution in [-0.2, 0) is 11.0 Å². The van der Waals surface area contributed by atoms with Gasteiger partial charge in [-0.15, -0.1) is 0 Å². The number of nitrogens with zero attached hydrogens (tertiary/aromatic N) is 2. The highest BCUT2D eigenvalue weighted by Gasteiger charge is 2.51. The van der Waals surface area contributed by atoms with E-state index < -0.39 is 17.3 Å². The van der Waals surface area contributed by atoms with E-state index in [9.17, 15) is 22.8 Å². The number of rotatable bonds is 5. The van der Waals surface area contributed by atoms with Crippen molar-refractivity contribution in [2.24, 2.45) is 0 Å². The van der Waals surface area contributed by atoms with E-state index in [4.69, 9.17) is 0 Å². The van der Waals surface area contributed by atoms with Crippen LogP contribution in [-0.4, -0.2) is 40.5 Å². The third-order valence-electron chi connectivity index (χ3n) is 4.66. The summed E-state index contributed by atoms with van der Waals surface area (Å²) >= 11 is 0. The minimum absolute atomic E-state index is 0.164. The molecule has 0 radical (unpaired) electrons. The molecule has 1 spiro atoms. The highest BCUT2D eigenvalue weighted by atomic mass is 19.4. The number of hydrogen-bond acceptors (Lipinski definition) is 4. The Balaban J connectivity index is 1.47. The van der Waals surface area contributed by atoms with Crippen LogP contribution in [0.4, 0.5) is 23.8 Å². The maximum Gasteiger partial charge on any atom is 0.417 e. The van der Waals surface area contributed by atoms with Gasteiger partial charge in [-0.2, -0.15) is 13.2 Å². The summed E-state index contributed by atoms with van der Waals surface area (Å²) in [4.78, 5) is 29.4. The summed E-state index contributed by atoms with van der Waals surface area (Å²) in [5.74, 6) is 0.153. The molecule has 1 saturated heterocycles. The molecular weight excluding hydrogens is 337 g/mol. The Morgan fingerprint density at radius 2 is 1.96 bits per heavy atom. The van der Waals surface area contributed by atoms with Crippen LogP contribution in [0.25, 0.3) is 0 Å². The van der Waals surface area contributed by atoms with Crippen molar-refractivity contribution in [3.05, 3.63) is 23.9 Å². The summed E-state index contributed by atoms with van der Waals surface area (Å²) in [5, 5.41) is 5.70. The van der Waals surface area contributed by atoms with E-state index in [1.165, 1.54) is 11.0 Å². The first-order valence-corrected chi connectivity index (χ1v) is 8.23. The van der Waals surface area contributed by atoms with E-state index >= 15 is 0 Å². The fraction of sp³-hybridized carbons (Fsp3) is 0.562. The lowest BCUT2D eigenvalue weighted by Crippen LogP contribution is -2.44. The zero-order valence-electron chi connectivity index (χ0n) is 13.5. The summed E-state index contributed by atoms with van der Waals surface area (Å²) in [6.45, 7) is 0.655. The van der Waals surface area contributed by atoms with Crippen molar-refractivity contribution in [2.75, 3.05) is 18.4 Å². The maximum absolute atomic E-state index is 12.5. The first kappa shape index (κ1) is 17.5. The molecule has 1 aromatic rings. The second kappa shape index (κ2) is 6.53. The summed E-state index contributed by atoms with van der Waals surface area (Å²) in [6.07, 6.45) is 0.0678. The summed E-state index contributed by atoms with van der Waals surface area (Å²) in [7, 11) is 0. The van der Waals surface area contributed by atoms with Gasteiger partial charge in [-0.3, -0.25) is 9.69 Å². The quantitative estimate of drug-likeness (QED) is 0.628. The third kappa shape index (κ3) is 3.54. The van der Waals surface area contributed by atoms with Gasteiger partial charge in [0, 0.05) is 19.3 Å². The van der Waals surface area contributed by atoms with Gasteiger partial charge >= 0.3 is 12.2 Å². The molecule has 2 fully saturated rings. The van der Waals surface area contributed by atoms with Crippen molar-refractivity contribution >= 4 is 17.8 Å². The van der Waals surface area contributed by atoms with Gasteiger partial charge in [0.2, 0.25) is 0 Å². The van der Waals surface area contributed by atoms with Crippen LogP contribution in [0.3, 0.4) is 0 Å². The Bertz CT molecular complexity index is 654. The number of carbonyl (C=O) groups excluding carboxylic acids is 2. The first-order chi connectivity index (χ1) is 11.8. The summed E-state index contributed by atoms with van der Waals surface area (Å²) < 4.78 is 37.4. The zero-order valence-corrected chi connectivity index (χ0v) is 13.5. The van der Waals surface area contributed by atoms with E-state index in [1.807, 2.05) is 0 Å². The Morgan fingerprint density at radius 1 is 1.24 bits per heavy atom. The minimum atomic E-state index is -4.41. The molecule has 136 valence electrons. The van der Waals surface area contributed by atoms with Gasteiger partial charge in [0.05, 0.1) is 5.56 Å². The number of nitrogens with one attached hydrogen (secondary N) is 2. The average Bonchev–Trinajstić information content (AvgIpc) is 3.11. The van der Waals surface area contributed by atoms with Crippen molar-refractivity contribution < 1.29 is 22.8 Å². The molecule has 3 amide bonds. The molecule has 25 heavy (non-hydrogen) atoms. The molecule has 1 aliphatic carbocycles. The van der Waals surface area contributed by atoms with E-state index in [2.05, 4.69) is 15.6 Å². The number of halogens is 3. The highest BCUT2D eigenvalue weighted by molar-refractivity contribution is 6.07. The lowest BCUT2D eigenvalue weighted by Gasteiger charge is -2.20. The highest BCUT2D eigenvalue weighted by Crippen LogP contribution is 2.35. The number of amides is 3. The van der Waals surface area contributed by atoms with Crippen molar-refractivity contribution in [3.63, 3.8) is 0 Å². The summed E-state index contributed by atoms with van der Waals surface area (Å²) in [6, 6.07) is 1.85. The molecule has 1 aliphatic heterocycles. The van der Waals surface area contributed by atoms with Gasteiger partial charge in [-0.25, -0.2) is 9.78 Å². The predicted octanol–water partition coefficient (Wildman–Crippen LogP) is 2.77. The lowest BCUT2D eigenvalue weighted by molar-refractivity contribution is -0.137. The number of alkyl halides is 3. The zero-order chi connectivity index (χ0) is 18.1. The van der Waals surface area contributed by atoms with Crippen LogP contribution in [0, 0.1) is 0 Å². The molecule has 2 N–H and O–H groups in total. The summed E-state index contributed by atoms with van der Waals surface area (Å²) in [5.41, 5.74) is -1.52. The number of aromatic nitrogens is 1. The topological polar surface area (TPSA) is 74.3 Å². The van der Waals surface area contributed by atoms with Crippen LogP contribution in [0.15, 0.2) is 18.3 Å². The van der Waals surface area contributed by atoms with Gasteiger partial charge < -0.3 is 10.6 Å². The monoisotopic (exact) mass is 356 g/mol. The maximum atomic E-state index is 12.5. The number of urea groups is 1. The van der Waals surface area contributed by atoms with Crippen molar-refractivity contribution in [1.29, 1.82) is 0 Å². The molecule has 0 unspecified atom stereocenters. The SMILES string of the molecule is O=C1NC2(CCCC2)C(=O)N1CCCNc1ccc(C(F)(F)F)cn1. The van der Waals surface area contributed by atoms with Crippen LogP contribution in [0.5, 0.6) is 0 Å². The van der Waals surface area contributed by atoms with E-state index in [-0.39, 0.29) is 18.5 Å². The number of pyridine rings is 1. The van der Waals surface area contributed by atoms with E-state index in [1.54, 1.807) is 0 Å². The van der Waals surface area contributed by atoms with Gasteiger partial charge in [0.15, 0.2) is 0 Å². The Morgan fingerprint density at radius 3 is 2.56 bits per heavy atom. The van der Waals surface area contributed by atoms with Crippen LogP contribution >= 0.6 is 0 Å². The smallest absolute Gasteiger partial charge is 0.370 e. The standard InChI is InChI=1S/C16H19F3N4O2/c17-16(18,19)11-4-5-12(21-10-11)20-8-3-9-23-13(24)15(22-14(23)25)6-1-2-7-15/h4-5,10H,1-3,6-9H2,(H,20,21)(H,22,25). The molecular formula is C16H19F3N4O2. The Hall–Kier alpha value is -2.32. The van der Waals surface area contributed by atoms with Crippen molar-refractivity contribution in [1.82, 2.24) is 15.2 Å². The second-order valence-electron chi connectivity index (χ2n) is 6.39. The Kier molecular flexibility index (Phi) is 4.57. The molecule has 6 nitrogen and oxygen atoms in total. The minimum Gasteiger partial charge on any atom is -0.370 e. The van der Waals surface area contributed by atoms with Crippen molar-refractivity contribution in [3.8, 4) is 0 Å². The number of anilines is 1. The normalized spacial score (nSPS) is 19.6. The van der Waals surface area contributed by atoms with Crippen LogP contribution in [0.1, 0.15) is 37.7 Å². The van der Waals surface area contributed by atoms with Gasteiger partial charge in [0.25, 0.3) is 5.91 Å². The second-order valence-corrected chi connectivity index (χ2v) is 6.39. The number of hydrogen-bond donors (Lipinski definition) is 2. The molecule has 2 aliphatic rings. The molecule has 0 bridgehead atoms. The molecule has 2 heterocycles. The number of carbonyl (C=O) groups is 2. The van der Waals surface area contributed by atoms with Gasteiger partial charge in [-0.05, 0) is 31.4 Å². The van der Waals surface area contributed by atoms with Crippen molar-refractivity contribution in [2.45, 2.75) is 43.8 Å². The van der Waals surface area contributed by atoms with Crippen LogP contribution in [0.2, 0.25) is 0 Å². The van der Waals surface area contributed by atoms with Crippen LogP contribution < -0.4 is 10.6 Å². The lowest BCUT2D eigenvalue weighted by atomic mass is 9.98. The largest absolute Gasteiger partial charge is 0.417 e. The van der Waals surface area contributed by atoms with Gasteiger partial charge in [-0.1, -0.05) is 12.8 Å². The molecule has 3 rings (SSSR count). The third-order valence-corrected chi connectivity index (χ3v) is 4.66. The van der Waals surface area contributed by atoms with E-state index in [0.29, 0.717) is 31.6 Å². The van der Waals surface area contributed by atoms with Gasteiger partial charge in [0.1, 0.15) is 11.4 Å². The fourth-order valence-corrected chi connectivity index (χ4v) is 3.32. The fourth-order valence-electron chi connectivity index (χ4n) is 3.32. The number of imide groups is 1.